The highest BCUT2D eigenvalue weighted by Gasteiger charge is 2.27. The van der Waals surface area contributed by atoms with Crippen LogP contribution in [-0.2, 0) is 6.42 Å². The van der Waals surface area contributed by atoms with Crippen molar-refractivity contribution < 1.29 is 23.1 Å². The van der Waals surface area contributed by atoms with Crippen molar-refractivity contribution in [2.45, 2.75) is 25.9 Å². The summed E-state index contributed by atoms with van der Waals surface area (Å²) in [6, 6.07) is 1.21. The van der Waals surface area contributed by atoms with Gasteiger partial charge in [-0.2, -0.15) is 13.2 Å². The maximum atomic E-state index is 11.9. The molecular weight excluding hydrogens is 225 g/mol. The van der Waals surface area contributed by atoms with Gasteiger partial charge in [-0.15, -0.1) is 0 Å². The molecule has 0 aliphatic rings. The van der Waals surface area contributed by atoms with Crippen LogP contribution < -0.4 is 0 Å². The molecule has 0 atom stereocenters. The second-order valence-electron chi connectivity index (χ2n) is 3.23. The summed E-state index contributed by atoms with van der Waals surface area (Å²) >= 11 is 0. The Bertz CT molecular complexity index is 404. The minimum absolute atomic E-state index is 0.102. The van der Waals surface area contributed by atoms with Crippen molar-refractivity contribution in [1.82, 2.24) is 9.97 Å². The number of carboxylic acids is 1. The molecule has 0 saturated carbocycles. The van der Waals surface area contributed by atoms with Gasteiger partial charge in [-0.25, -0.2) is 14.8 Å². The van der Waals surface area contributed by atoms with Crippen molar-refractivity contribution in [2.24, 2.45) is 0 Å². The van der Waals surface area contributed by atoms with Gasteiger partial charge < -0.3 is 5.11 Å². The fourth-order valence-corrected chi connectivity index (χ4v) is 1.10. The van der Waals surface area contributed by atoms with Crippen LogP contribution in [-0.4, -0.2) is 27.2 Å². The molecular formula is C9H9F3N2O2. The topological polar surface area (TPSA) is 63.1 Å². The predicted octanol–water partition coefficient (Wildman–Crippen LogP) is 1.98. The highest BCUT2D eigenvalue weighted by atomic mass is 19.4. The maximum absolute atomic E-state index is 11.9. The third-order valence-electron chi connectivity index (χ3n) is 1.75. The largest absolute Gasteiger partial charge is 0.477 e. The number of hydrogen-bond donors (Lipinski definition) is 1. The van der Waals surface area contributed by atoms with Gasteiger partial charge in [-0.1, -0.05) is 0 Å². The number of aryl methyl sites for hydroxylation is 2. The van der Waals surface area contributed by atoms with Gasteiger partial charge in [0.05, 0.1) is 6.42 Å². The number of hydrogen-bond acceptors (Lipinski definition) is 3. The van der Waals surface area contributed by atoms with E-state index in [-0.39, 0.29) is 11.5 Å². The van der Waals surface area contributed by atoms with E-state index in [2.05, 4.69) is 9.97 Å². The van der Waals surface area contributed by atoms with E-state index in [9.17, 15) is 18.0 Å². The minimum Gasteiger partial charge on any atom is -0.477 e. The van der Waals surface area contributed by atoms with Crippen molar-refractivity contribution in [2.75, 3.05) is 0 Å². The standard InChI is InChI=1S/C9H9F3N2O2/c1-5-4-6(8(15)16)14-7(13-5)2-3-9(10,11)12/h4H,2-3H2,1H3,(H,15,16). The number of aromatic carboxylic acids is 1. The number of rotatable bonds is 3. The molecule has 0 aliphatic carbocycles. The first kappa shape index (κ1) is 12.4. The van der Waals surface area contributed by atoms with Gasteiger partial charge in [0.15, 0.2) is 5.69 Å². The quantitative estimate of drug-likeness (QED) is 0.868. The van der Waals surface area contributed by atoms with Crippen LogP contribution in [0.5, 0.6) is 0 Å². The summed E-state index contributed by atoms with van der Waals surface area (Å²) in [5.41, 5.74) is 0.0502. The summed E-state index contributed by atoms with van der Waals surface area (Å²) in [4.78, 5) is 17.9. The lowest BCUT2D eigenvalue weighted by molar-refractivity contribution is -0.134. The smallest absolute Gasteiger partial charge is 0.389 e. The van der Waals surface area contributed by atoms with Crippen molar-refractivity contribution in [1.29, 1.82) is 0 Å². The lowest BCUT2D eigenvalue weighted by Crippen LogP contribution is -2.12. The molecule has 1 aromatic heterocycles. The van der Waals surface area contributed by atoms with E-state index in [1.54, 1.807) is 0 Å². The Kier molecular flexibility index (Phi) is 3.46. The van der Waals surface area contributed by atoms with Gasteiger partial charge in [0.2, 0.25) is 0 Å². The summed E-state index contributed by atoms with van der Waals surface area (Å²) in [6.07, 6.45) is -5.77. The lowest BCUT2D eigenvalue weighted by atomic mass is 10.2. The summed E-state index contributed by atoms with van der Waals surface area (Å²) in [5, 5.41) is 8.65. The third kappa shape index (κ3) is 3.84. The summed E-state index contributed by atoms with van der Waals surface area (Å²) in [5.74, 6) is -1.38. The Morgan fingerprint density at radius 1 is 1.44 bits per heavy atom. The van der Waals surface area contributed by atoms with Gasteiger partial charge in [0, 0.05) is 12.1 Å². The third-order valence-corrected chi connectivity index (χ3v) is 1.75. The monoisotopic (exact) mass is 234 g/mol. The van der Waals surface area contributed by atoms with Crippen LogP contribution in [0.1, 0.15) is 28.4 Å². The molecule has 1 aromatic rings. The van der Waals surface area contributed by atoms with E-state index in [1.807, 2.05) is 0 Å². The SMILES string of the molecule is Cc1cc(C(=O)O)nc(CCC(F)(F)F)n1. The molecule has 1 N–H and O–H groups in total. The van der Waals surface area contributed by atoms with E-state index in [0.717, 1.165) is 0 Å². The van der Waals surface area contributed by atoms with Gasteiger partial charge in [0.1, 0.15) is 5.82 Å². The lowest BCUT2D eigenvalue weighted by Gasteiger charge is -2.06. The van der Waals surface area contributed by atoms with Gasteiger partial charge in [-0.05, 0) is 13.0 Å². The molecule has 0 unspecified atom stereocenters. The zero-order valence-electron chi connectivity index (χ0n) is 8.38. The van der Waals surface area contributed by atoms with Crippen LogP contribution in [0.4, 0.5) is 13.2 Å². The van der Waals surface area contributed by atoms with Crippen LogP contribution in [0.15, 0.2) is 6.07 Å². The Morgan fingerprint density at radius 2 is 2.06 bits per heavy atom. The van der Waals surface area contributed by atoms with E-state index in [4.69, 9.17) is 5.11 Å². The number of carboxylic acid groups (broad SMARTS) is 1. The van der Waals surface area contributed by atoms with Gasteiger partial charge in [0.25, 0.3) is 0 Å². The highest BCUT2D eigenvalue weighted by molar-refractivity contribution is 5.85. The first-order valence-electron chi connectivity index (χ1n) is 4.42. The van der Waals surface area contributed by atoms with Crippen LogP contribution in [0, 0.1) is 6.92 Å². The summed E-state index contributed by atoms with van der Waals surface area (Å²) < 4.78 is 35.8. The van der Waals surface area contributed by atoms with E-state index in [0.29, 0.717) is 5.69 Å². The van der Waals surface area contributed by atoms with Crippen molar-refractivity contribution in [3.63, 3.8) is 0 Å². The molecule has 0 saturated heterocycles. The molecule has 0 amide bonds. The van der Waals surface area contributed by atoms with Crippen LogP contribution >= 0.6 is 0 Å². The molecule has 0 bridgehead atoms. The zero-order chi connectivity index (χ0) is 12.3. The van der Waals surface area contributed by atoms with Crippen LogP contribution in [0.2, 0.25) is 0 Å². The van der Waals surface area contributed by atoms with E-state index < -0.39 is 25.0 Å². The number of nitrogens with zero attached hydrogens (tertiary/aromatic N) is 2. The molecule has 0 aromatic carbocycles. The molecule has 0 aliphatic heterocycles. The van der Waals surface area contributed by atoms with Crippen molar-refractivity contribution >= 4 is 5.97 Å². The maximum Gasteiger partial charge on any atom is 0.389 e. The number of halogens is 3. The normalized spacial score (nSPS) is 11.5. The zero-order valence-corrected chi connectivity index (χ0v) is 8.38. The fraction of sp³-hybridized carbons (Fsp3) is 0.444. The Hall–Kier alpha value is -1.66. The average molecular weight is 234 g/mol. The minimum atomic E-state index is -4.30. The summed E-state index contributed by atoms with van der Waals surface area (Å²) in [6.45, 7) is 1.51. The van der Waals surface area contributed by atoms with Gasteiger partial charge in [-0.3, -0.25) is 0 Å². The van der Waals surface area contributed by atoms with Gasteiger partial charge >= 0.3 is 12.1 Å². The second kappa shape index (κ2) is 4.46. The van der Waals surface area contributed by atoms with Crippen LogP contribution in [0.25, 0.3) is 0 Å². The van der Waals surface area contributed by atoms with E-state index >= 15 is 0 Å². The van der Waals surface area contributed by atoms with Crippen LogP contribution in [0.3, 0.4) is 0 Å². The number of aromatic nitrogens is 2. The second-order valence-corrected chi connectivity index (χ2v) is 3.23. The molecule has 4 nitrogen and oxygen atoms in total. The molecule has 0 fully saturated rings. The fourth-order valence-electron chi connectivity index (χ4n) is 1.10. The Morgan fingerprint density at radius 3 is 2.56 bits per heavy atom. The first-order valence-corrected chi connectivity index (χ1v) is 4.42. The Labute approximate surface area is 89.1 Å². The predicted molar refractivity (Wildman–Crippen MR) is 48.1 cm³/mol. The molecule has 7 heteroatoms. The van der Waals surface area contributed by atoms with E-state index in [1.165, 1.54) is 13.0 Å². The number of carbonyl (C=O) groups is 1. The van der Waals surface area contributed by atoms with Crippen molar-refractivity contribution in [3.05, 3.63) is 23.3 Å². The average Bonchev–Trinajstić information content (AvgIpc) is 2.13. The molecule has 0 radical (unpaired) electrons. The van der Waals surface area contributed by atoms with Crippen molar-refractivity contribution in [3.8, 4) is 0 Å². The first-order chi connectivity index (χ1) is 7.28. The highest BCUT2D eigenvalue weighted by Crippen LogP contribution is 2.21. The molecule has 16 heavy (non-hydrogen) atoms. The molecule has 1 rings (SSSR count). The molecule has 88 valence electrons. The Balaban J connectivity index is 2.85. The molecule has 0 spiro atoms. The number of alkyl halides is 3. The molecule has 1 heterocycles. The summed E-state index contributed by atoms with van der Waals surface area (Å²) in [7, 11) is 0.